The zero-order valence-corrected chi connectivity index (χ0v) is 6.69. The van der Waals surface area contributed by atoms with Crippen LogP contribution in [0.25, 0.3) is 0 Å². The molecule has 0 aliphatic heterocycles. The fraction of sp³-hybridized carbons (Fsp3) is 0.286. The molecule has 0 radical (unpaired) electrons. The minimum atomic E-state index is 0.773. The van der Waals surface area contributed by atoms with Crippen LogP contribution in [0.2, 0.25) is 0 Å². The molecule has 0 aliphatic carbocycles. The SMILES string of the molecule is CCSc1ncccc1N. The average Bonchev–Trinajstić information content (AvgIpc) is 1.94. The summed E-state index contributed by atoms with van der Waals surface area (Å²) >= 11 is 1.67. The van der Waals surface area contributed by atoms with Gasteiger partial charge in [0.1, 0.15) is 5.03 Å². The van der Waals surface area contributed by atoms with Gasteiger partial charge in [-0.05, 0) is 17.9 Å². The van der Waals surface area contributed by atoms with Crippen LogP contribution in [0.15, 0.2) is 23.4 Å². The Morgan fingerprint density at radius 3 is 3.10 bits per heavy atom. The van der Waals surface area contributed by atoms with E-state index < -0.39 is 0 Å². The van der Waals surface area contributed by atoms with E-state index in [0.29, 0.717) is 0 Å². The lowest BCUT2D eigenvalue weighted by atomic mass is 10.4. The number of anilines is 1. The summed E-state index contributed by atoms with van der Waals surface area (Å²) in [5.41, 5.74) is 6.40. The molecule has 0 unspecified atom stereocenters. The highest BCUT2D eigenvalue weighted by Crippen LogP contribution is 2.20. The van der Waals surface area contributed by atoms with E-state index in [0.717, 1.165) is 16.5 Å². The topological polar surface area (TPSA) is 38.9 Å². The molecule has 2 nitrogen and oxygen atoms in total. The summed E-state index contributed by atoms with van der Waals surface area (Å²) in [6.07, 6.45) is 1.76. The van der Waals surface area contributed by atoms with Gasteiger partial charge in [0.15, 0.2) is 0 Å². The van der Waals surface area contributed by atoms with E-state index in [2.05, 4.69) is 11.9 Å². The highest BCUT2D eigenvalue weighted by molar-refractivity contribution is 7.99. The van der Waals surface area contributed by atoms with Crippen molar-refractivity contribution < 1.29 is 0 Å². The van der Waals surface area contributed by atoms with Gasteiger partial charge in [-0.3, -0.25) is 0 Å². The Morgan fingerprint density at radius 1 is 1.70 bits per heavy atom. The number of rotatable bonds is 2. The predicted octanol–water partition coefficient (Wildman–Crippen LogP) is 1.78. The summed E-state index contributed by atoms with van der Waals surface area (Å²) in [5.74, 6) is 1.02. The van der Waals surface area contributed by atoms with Crippen molar-refractivity contribution in [3.05, 3.63) is 18.3 Å². The van der Waals surface area contributed by atoms with Crippen LogP contribution in [0.4, 0.5) is 5.69 Å². The molecule has 54 valence electrons. The Balaban J connectivity index is 2.81. The fourth-order valence-corrected chi connectivity index (χ4v) is 1.30. The lowest BCUT2D eigenvalue weighted by Crippen LogP contribution is -1.90. The number of hydrogen-bond acceptors (Lipinski definition) is 3. The highest BCUT2D eigenvalue weighted by atomic mass is 32.2. The van der Waals surface area contributed by atoms with Crippen molar-refractivity contribution in [1.82, 2.24) is 4.98 Å². The van der Waals surface area contributed by atoms with Gasteiger partial charge in [-0.2, -0.15) is 0 Å². The van der Waals surface area contributed by atoms with E-state index in [9.17, 15) is 0 Å². The van der Waals surface area contributed by atoms with Crippen LogP contribution in [0.1, 0.15) is 6.92 Å². The van der Waals surface area contributed by atoms with Crippen LogP contribution >= 0.6 is 11.8 Å². The third-order valence-electron chi connectivity index (χ3n) is 1.08. The number of nitrogens with two attached hydrogens (primary N) is 1. The Hall–Kier alpha value is -0.700. The van der Waals surface area contributed by atoms with Gasteiger partial charge in [-0.25, -0.2) is 4.98 Å². The Morgan fingerprint density at radius 2 is 2.50 bits per heavy atom. The van der Waals surface area contributed by atoms with Crippen molar-refractivity contribution in [3.8, 4) is 0 Å². The third-order valence-corrected chi connectivity index (χ3v) is 1.98. The van der Waals surface area contributed by atoms with Gasteiger partial charge >= 0.3 is 0 Å². The molecule has 1 aromatic rings. The van der Waals surface area contributed by atoms with Crippen molar-refractivity contribution in [1.29, 1.82) is 0 Å². The van der Waals surface area contributed by atoms with Crippen molar-refractivity contribution in [2.45, 2.75) is 11.9 Å². The summed E-state index contributed by atoms with van der Waals surface area (Å²) in [5, 5.41) is 0.935. The molecule has 0 aliphatic rings. The van der Waals surface area contributed by atoms with Crippen LogP contribution in [-0.2, 0) is 0 Å². The second-order valence-electron chi connectivity index (χ2n) is 1.83. The van der Waals surface area contributed by atoms with Crippen LogP contribution in [0, 0.1) is 0 Å². The third kappa shape index (κ3) is 1.64. The second kappa shape index (κ2) is 3.46. The molecular weight excluding hydrogens is 144 g/mol. The first kappa shape index (κ1) is 7.41. The van der Waals surface area contributed by atoms with Gasteiger partial charge in [-0.1, -0.05) is 6.92 Å². The molecular formula is C7H10N2S. The molecule has 0 atom stereocenters. The Kier molecular flexibility index (Phi) is 2.57. The molecule has 0 amide bonds. The molecule has 0 saturated carbocycles. The normalized spacial score (nSPS) is 9.70. The van der Waals surface area contributed by atoms with E-state index in [1.54, 1.807) is 18.0 Å². The average molecular weight is 154 g/mol. The fourth-order valence-electron chi connectivity index (χ4n) is 0.661. The molecule has 0 spiro atoms. The number of aromatic nitrogens is 1. The molecule has 3 heteroatoms. The Bertz CT molecular complexity index is 213. The van der Waals surface area contributed by atoms with Gasteiger partial charge in [0, 0.05) is 6.20 Å². The monoisotopic (exact) mass is 154 g/mol. The molecule has 1 rings (SSSR count). The number of thioether (sulfide) groups is 1. The van der Waals surface area contributed by atoms with E-state index in [1.165, 1.54) is 0 Å². The van der Waals surface area contributed by atoms with E-state index in [1.807, 2.05) is 12.1 Å². The van der Waals surface area contributed by atoms with Crippen molar-refractivity contribution in [2.24, 2.45) is 0 Å². The largest absolute Gasteiger partial charge is 0.397 e. The molecule has 0 aromatic carbocycles. The number of pyridine rings is 1. The van der Waals surface area contributed by atoms with Crippen LogP contribution in [-0.4, -0.2) is 10.7 Å². The maximum Gasteiger partial charge on any atom is 0.119 e. The van der Waals surface area contributed by atoms with Crippen LogP contribution < -0.4 is 5.73 Å². The van der Waals surface area contributed by atoms with Gasteiger partial charge in [0.05, 0.1) is 5.69 Å². The van der Waals surface area contributed by atoms with E-state index in [4.69, 9.17) is 5.73 Å². The smallest absolute Gasteiger partial charge is 0.119 e. The number of nitrogen functional groups attached to an aromatic ring is 1. The maximum atomic E-state index is 5.62. The molecule has 1 heterocycles. The first-order valence-corrected chi connectivity index (χ1v) is 4.16. The molecule has 0 saturated heterocycles. The zero-order valence-electron chi connectivity index (χ0n) is 5.87. The van der Waals surface area contributed by atoms with Gasteiger partial charge in [-0.15, -0.1) is 11.8 Å². The zero-order chi connectivity index (χ0) is 7.40. The van der Waals surface area contributed by atoms with Crippen LogP contribution in [0.3, 0.4) is 0 Å². The van der Waals surface area contributed by atoms with Crippen molar-refractivity contribution in [2.75, 3.05) is 11.5 Å². The maximum absolute atomic E-state index is 5.62. The minimum Gasteiger partial charge on any atom is -0.397 e. The molecule has 0 fully saturated rings. The summed E-state index contributed by atoms with van der Waals surface area (Å²) in [6, 6.07) is 3.71. The molecule has 2 N–H and O–H groups in total. The van der Waals surface area contributed by atoms with E-state index in [-0.39, 0.29) is 0 Å². The lowest BCUT2D eigenvalue weighted by Gasteiger charge is -1.99. The number of nitrogens with zero attached hydrogens (tertiary/aromatic N) is 1. The summed E-state index contributed by atoms with van der Waals surface area (Å²) in [6.45, 7) is 2.08. The second-order valence-corrected chi connectivity index (χ2v) is 3.08. The van der Waals surface area contributed by atoms with E-state index >= 15 is 0 Å². The van der Waals surface area contributed by atoms with Gasteiger partial charge in [0.2, 0.25) is 0 Å². The minimum absolute atomic E-state index is 0.773. The summed E-state index contributed by atoms with van der Waals surface area (Å²) in [4.78, 5) is 4.11. The van der Waals surface area contributed by atoms with Gasteiger partial charge in [0.25, 0.3) is 0 Å². The van der Waals surface area contributed by atoms with Crippen LogP contribution in [0.5, 0.6) is 0 Å². The highest BCUT2D eigenvalue weighted by Gasteiger charge is 1.95. The van der Waals surface area contributed by atoms with Crippen molar-refractivity contribution in [3.63, 3.8) is 0 Å². The Labute approximate surface area is 64.8 Å². The first-order valence-electron chi connectivity index (χ1n) is 3.18. The predicted molar refractivity (Wildman–Crippen MR) is 45.0 cm³/mol. The summed E-state index contributed by atoms with van der Waals surface area (Å²) in [7, 11) is 0. The summed E-state index contributed by atoms with van der Waals surface area (Å²) < 4.78 is 0. The van der Waals surface area contributed by atoms with Crippen molar-refractivity contribution >= 4 is 17.4 Å². The number of hydrogen-bond donors (Lipinski definition) is 1. The first-order chi connectivity index (χ1) is 4.84. The molecule has 0 bridgehead atoms. The lowest BCUT2D eigenvalue weighted by molar-refractivity contribution is 1.14. The quantitative estimate of drug-likeness (QED) is 0.660. The van der Waals surface area contributed by atoms with Gasteiger partial charge < -0.3 is 5.73 Å². The standard InChI is InChI=1S/C7H10N2S/c1-2-10-7-6(8)4-3-5-9-7/h3-5H,2,8H2,1H3. The molecule has 1 aromatic heterocycles. The molecule has 10 heavy (non-hydrogen) atoms.